The number of benzene rings is 4. The Hall–Kier alpha value is -6.28. The number of hydrogen-bond acceptors (Lipinski definition) is 14. The van der Waals surface area contributed by atoms with Crippen molar-refractivity contribution in [1.29, 1.82) is 0 Å². The predicted octanol–water partition coefficient (Wildman–Crippen LogP) is 7.94. The Morgan fingerprint density at radius 1 is 0.653 bits per heavy atom. The minimum absolute atomic E-state index is 0.00732. The van der Waals surface area contributed by atoms with Crippen LogP contribution in [0.4, 0.5) is 0 Å². The summed E-state index contributed by atoms with van der Waals surface area (Å²) in [5, 5.41) is 1.56. The lowest BCUT2D eigenvalue weighted by molar-refractivity contribution is -0.171. The molecule has 2 aliphatic heterocycles. The second kappa shape index (κ2) is 24.4. The van der Waals surface area contributed by atoms with Crippen LogP contribution in [0.15, 0.2) is 138 Å². The second-order valence-electron chi connectivity index (χ2n) is 18.3. The Bertz CT molecular complexity index is 3040. The van der Waals surface area contributed by atoms with Gasteiger partial charge in [0.15, 0.2) is 0 Å². The SMILES string of the molecule is Cc1ccc(OCCCCN2CCC(NS(=O)(=O)c3cccc4c(OC(=O)/C=C/C(=O)ON(C5CCN(CCCCOc6ccc(C)cc6)CC5)S(=O)(=O)c5cccc6cnccc56)nccc34)CC2)cc1. The highest BCUT2D eigenvalue weighted by molar-refractivity contribution is 7.90. The van der Waals surface area contributed by atoms with Crippen LogP contribution in [0, 0.1) is 13.8 Å². The highest BCUT2D eigenvalue weighted by Crippen LogP contribution is 2.32. The van der Waals surface area contributed by atoms with Gasteiger partial charge in [0.25, 0.3) is 10.0 Å². The van der Waals surface area contributed by atoms with Gasteiger partial charge in [-0.05, 0) is 164 Å². The molecule has 0 atom stereocenters. The van der Waals surface area contributed by atoms with Crippen LogP contribution >= 0.6 is 0 Å². The molecule has 0 unspecified atom stereocenters. The Labute approximate surface area is 422 Å². The standard InChI is InChI=1S/C54H62N6O10S2/c1-40-13-17-45(18-14-40)67-37-5-3-31-58-33-25-43(26-34-58)57-71(63,64)50-11-8-10-49-48(50)24-30-56-54(49)69-52(61)21-22-53(62)70-60(72(65,66)51-12-7-9-42-39-55-29-23-47(42)51)44-27-35-59(36-28-44)32-4-6-38-68-46-19-15-41(2)16-20-46/h7-24,29-30,39,43-44,57H,3-6,25-28,31-38H2,1-2H3/b22-21+. The molecule has 4 heterocycles. The van der Waals surface area contributed by atoms with Gasteiger partial charge in [0.2, 0.25) is 15.9 Å². The van der Waals surface area contributed by atoms with Crippen molar-refractivity contribution in [3.8, 4) is 17.4 Å². The second-order valence-corrected chi connectivity index (χ2v) is 21.7. The van der Waals surface area contributed by atoms with E-state index in [2.05, 4.69) is 24.5 Å². The number of hydrogen-bond donors (Lipinski definition) is 1. The summed E-state index contributed by atoms with van der Waals surface area (Å²) in [5.74, 6) is -0.616. The number of ether oxygens (including phenoxy) is 3. The molecule has 16 nitrogen and oxygen atoms in total. The van der Waals surface area contributed by atoms with E-state index in [1.807, 2.05) is 62.4 Å². The van der Waals surface area contributed by atoms with E-state index in [0.717, 1.165) is 80.0 Å². The molecule has 380 valence electrons. The smallest absolute Gasteiger partial charge is 0.350 e. The maximum absolute atomic E-state index is 14.5. The van der Waals surface area contributed by atoms with Crippen LogP contribution in [0.5, 0.6) is 17.4 Å². The van der Waals surface area contributed by atoms with Crippen LogP contribution in [-0.4, -0.2) is 118 Å². The molecule has 2 aliphatic rings. The minimum atomic E-state index is -4.44. The summed E-state index contributed by atoms with van der Waals surface area (Å²) in [6.45, 7) is 9.65. The van der Waals surface area contributed by atoms with Gasteiger partial charge in [0.1, 0.15) is 11.5 Å². The molecule has 2 aromatic heterocycles. The Kier molecular flexibility index (Phi) is 17.7. The number of aromatic nitrogens is 2. The first-order chi connectivity index (χ1) is 34.8. The van der Waals surface area contributed by atoms with Gasteiger partial charge < -0.3 is 28.8 Å². The number of likely N-dealkylation sites (tertiary alicyclic amines) is 2. The van der Waals surface area contributed by atoms with Crippen LogP contribution in [0.25, 0.3) is 21.5 Å². The number of fused-ring (bicyclic) bond motifs is 2. The number of aryl methyl sites for hydroxylation is 2. The molecule has 0 spiro atoms. The summed E-state index contributed by atoms with van der Waals surface area (Å²) in [4.78, 5) is 45.3. The van der Waals surface area contributed by atoms with E-state index in [4.69, 9.17) is 19.0 Å². The monoisotopic (exact) mass is 1020 g/mol. The molecule has 0 amide bonds. The summed E-state index contributed by atoms with van der Waals surface area (Å²) in [6, 6.07) is 27.5. The molecule has 1 N–H and O–H groups in total. The summed E-state index contributed by atoms with van der Waals surface area (Å²) < 4.78 is 77.6. The third kappa shape index (κ3) is 13.8. The zero-order valence-electron chi connectivity index (χ0n) is 40.7. The van der Waals surface area contributed by atoms with Gasteiger partial charge in [-0.3, -0.25) is 4.98 Å². The molecule has 72 heavy (non-hydrogen) atoms. The van der Waals surface area contributed by atoms with Gasteiger partial charge >= 0.3 is 11.9 Å². The molecule has 0 radical (unpaired) electrons. The van der Waals surface area contributed by atoms with E-state index in [1.54, 1.807) is 36.5 Å². The van der Waals surface area contributed by atoms with E-state index in [9.17, 15) is 26.4 Å². The predicted molar refractivity (Wildman–Crippen MR) is 274 cm³/mol. The third-order valence-electron chi connectivity index (χ3n) is 13.0. The van der Waals surface area contributed by atoms with Gasteiger partial charge in [-0.15, -0.1) is 0 Å². The fraction of sp³-hybridized carbons (Fsp3) is 0.370. The van der Waals surface area contributed by atoms with Crippen molar-refractivity contribution < 1.29 is 45.5 Å². The molecule has 2 fully saturated rings. The molecule has 0 saturated carbocycles. The van der Waals surface area contributed by atoms with E-state index in [-0.39, 0.29) is 27.1 Å². The third-order valence-corrected chi connectivity index (χ3v) is 16.3. The molecule has 18 heteroatoms. The topological polar surface area (TPSA) is 187 Å². The maximum Gasteiger partial charge on any atom is 0.350 e. The van der Waals surface area contributed by atoms with Crippen molar-refractivity contribution >= 4 is 53.5 Å². The Morgan fingerprint density at radius 2 is 1.22 bits per heavy atom. The lowest BCUT2D eigenvalue weighted by Gasteiger charge is -2.36. The number of pyridine rings is 2. The summed E-state index contributed by atoms with van der Waals surface area (Å²) in [5.41, 5.74) is 2.36. The molecule has 0 bridgehead atoms. The largest absolute Gasteiger partial charge is 0.494 e. The Morgan fingerprint density at radius 3 is 1.86 bits per heavy atom. The minimum Gasteiger partial charge on any atom is -0.494 e. The van der Waals surface area contributed by atoms with E-state index in [1.165, 1.54) is 41.7 Å². The molecule has 4 aromatic carbocycles. The summed E-state index contributed by atoms with van der Waals surface area (Å²) in [6.07, 6.45) is 11.7. The molecule has 2 saturated heterocycles. The first-order valence-corrected chi connectivity index (χ1v) is 27.5. The van der Waals surface area contributed by atoms with E-state index in [0.29, 0.717) is 68.1 Å². The number of unbranched alkanes of at least 4 members (excludes halogenated alkanes) is 2. The van der Waals surface area contributed by atoms with Crippen molar-refractivity contribution in [2.45, 2.75) is 87.1 Å². The molecular weight excluding hydrogens is 957 g/mol. The molecule has 8 rings (SSSR count). The lowest BCUT2D eigenvalue weighted by Crippen LogP contribution is -2.48. The van der Waals surface area contributed by atoms with E-state index < -0.39 is 38.0 Å². The highest BCUT2D eigenvalue weighted by Gasteiger charge is 2.38. The molecule has 0 aliphatic carbocycles. The van der Waals surface area contributed by atoms with Crippen LogP contribution in [0.3, 0.4) is 0 Å². The fourth-order valence-electron chi connectivity index (χ4n) is 9.02. The van der Waals surface area contributed by atoms with Gasteiger partial charge in [0, 0.05) is 58.3 Å². The average molecular weight is 1020 g/mol. The van der Waals surface area contributed by atoms with Crippen molar-refractivity contribution in [3.63, 3.8) is 0 Å². The van der Waals surface area contributed by atoms with Gasteiger partial charge in [-0.1, -0.05) is 53.6 Å². The van der Waals surface area contributed by atoms with E-state index >= 15 is 0 Å². The van der Waals surface area contributed by atoms with Gasteiger partial charge in [-0.25, -0.2) is 36.1 Å². The zero-order valence-corrected chi connectivity index (χ0v) is 42.4. The van der Waals surface area contributed by atoms with Crippen LogP contribution in [-0.2, 0) is 34.5 Å². The number of rotatable bonds is 22. The maximum atomic E-state index is 14.5. The number of nitrogens with one attached hydrogen (secondary N) is 1. The normalized spacial score (nSPS) is 15.6. The fourth-order valence-corrected chi connectivity index (χ4v) is 12.2. The van der Waals surface area contributed by atoms with Crippen molar-refractivity contribution in [2.24, 2.45) is 0 Å². The van der Waals surface area contributed by atoms with Crippen LogP contribution in [0.1, 0.15) is 62.5 Å². The van der Waals surface area contributed by atoms with Crippen molar-refractivity contribution in [2.75, 3.05) is 52.5 Å². The number of nitrogens with zero attached hydrogens (tertiary/aromatic N) is 5. The first-order valence-electron chi connectivity index (χ1n) is 24.5. The first kappa shape index (κ1) is 52.1. The number of carbonyl (C=O) groups excluding carboxylic acids is 2. The number of hydroxylamine groups is 1. The van der Waals surface area contributed by atoms with Crippen molar-refractivity contribution in [3.05, 3.63) is 139 Å². The van der Waals surface area contributed by atoms with Crippen LogP contribution < -0.4 is 18.9 Å². The number of esters is 1. The lowest BCUT2D eigenvalue weighted by atomic mass is 10.1. The van der Waals surface area contributed by atoms with Crippen molar-refractivity contribution in [1.82, 2.24) is 29.0 Å². The Balaban J connectivity index is 0.859. The quantitative estimate of drug-likeness (QED) is 0.0299. The van der Waals surface area contributed by atoms with Gasteiger partial charge in [-0.2, -0.15) is 0 Å². The number of sulfonamides is 2. The summed E-state index contributed by atoms with van der Waals surface area (Å²) >= 11 is 0. The zero-order chi connectivity index (χ0) is 50.5. The van der Waals surface area contributed by atoms with Crippen LogP contribution in [0.2, 0.25) is 0 Å². The average Bonchev–Trinajstić information content (AvgIpc) is 3.38. The van der Waals surface area contributed by atoms with Gasteiger partial charge in [0.05, 0.1) is 29.0 Å². The molecular formula is C54H62N6O10S2. The highest BCUT2D eigenvalue weighted by atomic mass is 32.2. The molecule has 6 aromatic rings. The number of carbonyl (C=O) groups is 2. The number of piperidine rings is 2. The summed E-state index contributed by atoms with van der Waals surface area (Å²) in [7, 11) is -8.44.